The van der Waals surface area contributed by atoms with Gasteiger partial charge in [-0.3, -0.25) is 5.32 Å². The van der Waals surface area contributed by atoms with E-state index in [9.17, 15) is 0 Å². The number of tetrazole rings is 1. The first-order valence-electron chi connectivity index (χ1n) is 8.02. The molecule has 0 aliphatic heterocycles. The molecule has 116 valence electrons. The minimum atomic E-state index is 0.127. The number of aromatic nitrogens is 4. The highest BCUT2D eigenvalue weighted by molar-refractivity contribution is 5.31. The van der Waals surface area contributed by atoms with Gasteiger partial charge in [0.1, 0.15) is 0 Å². The summed E-state index contributed by atoms with van der Waals surface area (Å²) in [6.07, 6.45) is 2.36. The van der Waals surface area contributed by atoms with Crippen molar-refractivity contribution in [2.24, 2.45) is 0 Å². The molecule has 5 heteroatoms. The third kappa shape index (κ3) is 3.14. The van der Waals surface area contributed by atoms with E-state index in [0.29, 0.717) is 12.6 Å². The van der Waals surface area contributed by atoms with Crippen LogP contribution in [0.4, 0.5) is 0 Å². The summed E-state index contributed by atoms with van der Waals surface area (Å²) < 4.78 is 1.96. The topological polar surface area (TPSA) is 55.6 Å². The molecule has 1 aliphatic rings. The van der Waals surface area contributed by atoms with E-state index in [1.165, 1.54) is 24.0 Å². The molecule has 0 amide bonds. The van der Waals surface area contributed by atoms with E-state index in [-0.39, 0.29) is 6.04 Å². The van der Waals surface area contributed by atoms with Gasteiger partial charge in [-0.25, -0.2) is 4.68 Å². The highest BCUT2D eigenvalue weighted by atomic mass is 15.6. The highest BCUT2D eigenvalue weighted by Crippen LogP contribution is 2.34. The highest BCUT2D eigenvalue weighted by Gasteiger charge is 2.27. The quantitative estimate of drug-likeness (QED) is 0.761. The van der Waals surface area contributed by atoms with Gasteiger partial charge in [-0.05, 0) is 34.4 Å². The minimum Gasteiger partial charge on any atom is -0.299 e. The van der Waals surface area contributed by atoms with E-state index in [4.69, 9.17) is 0 Å². The Labute approximate surface area is 135 Å². The second-order valence-electron chi connectivity index (χ2n) is 5.91. The molecule has 0 radical (unpaired) electrons. The lowest BCUT2D eigenvalue weighted by atomic mass is 9.99. The molecule has 0 bridgehead atoms. The van der Waals surface area contributed by atoms with Crippen LogP contribution in [0.2, 0.25) is 0 Å². The molecule has 1 N–H and O–H groups in total. The van der Waals surface area contributed by atoms with Gasteiger partial charge in [-0.15, -0.1) is 5.10 Å². The summed E-state index contributed by atoms with van der Waals surface area (Å²) in [6.45, 7) is 0.651. The molecule has 1 saturated carbocycles. The van der Waals surface area contributed by atoms with Crippen LogP contribution in [-0.2, 0) is 6.54 Å². The molecule has 0 atom stereocenters. The summed E-state index contributed by atoms with van der Waals surface area (Å²) in [4.78, 5) is 0. The van der Waals surface area contributed by atoms with E-state index in [2.05, 4.69) is 69.4 Å². The van der Waals surface area contributed by atoms with Crippen molar-refractivity contribution in [3.63, 3.8) is 0 Å². The van der Waals surface area contributed by atoms with Gasteiger partial charge in [0.25, 0.3) is 0 Å². The smallest absolute Gasteiger partial charge is 0.165 e. The van der Waals surface area contributed by atoms with Gasteiger partial charge < -0.3 is 0 Å². The van der Waals surface area contributed by atoms with Crippen LogP contribution >= 0.6 is 0 Å². The number of hydrogen-bond acceptors (Lipinski definition) is 4. The van der Waals surface area contributed by atoms with Crippen LogP contribution in [0.15, 0.2) is 60.7 Å². The molecule has 0 unspecified atom stereocenters. The molecule has 3 aromatic rings. The molecule has 4 rings (SSSR count). The third-order valence-electron chi connectivity index (χ3n) is 4.18. The Morgan fingerprint density at radius 3 is 2.13 bits per heavy atom. The Morgan fingerprint density at radius 2 is 1.57 bits per heavy atom. The maximum atomic E-state index is 4.18. The van der Waals surface area contributed by atoms with Crippen molar-refractivity contribution in [3.05, 3.63) is 77.6 Å². The molecular formula is C18H19N5. The average Bonchev–Trinajstić information content (AvgIpc) is 3.36. The standard InChI is InChI=1S/C18H19N5/c1-3-7-14(8-4-1)18(15-9-5-2-6-10-15)19-13-17-20-21-22-23(17)16-11-12-16/h1-10,16,18-19H,11-13H2. The summed E-state index contributed by atoms with van der Waals surface area (Å²) in [5, 5.41) is 15.7. The van der Waals surface area contributed by atoms with Crippen LogP contribution in [0.3, 0.4) is 0 Å². The molecule has 0 saturated heterocycles. The van der Waals surface area contributed by atoms with Crippen LogP contribution < -0.4 is 5.32 Å². The minimum absolute atomic E-state index is 0.127. The number of hydrogen-bond donors (Lipinski definition) is 1. The lowest BCUT2D eigenvalue weighted by Crippen LogP contribution is -2.24. The zero-order chi connectivity index (χ0) is 15.5. The molecule has 5 nitrogen and oxygen atoms in total. The largest absolute Gasteiger partial charge is 0.299 e. The molecule has 1 heterocycles. The normalized spacial score (nSPS) is 14.3. The van der Waals surface area contributed by atoms with Gasteiger partial charge in [0.15, 0.2) is 5.82 Å². The Kier molecular flexibility index (Phi) is 3.86. The van der Waals surface area contributed by atoms with E-state index >= 15 is 0 Å². The molecule has 1 fully saturated rings. The number of nitrogens with zero attached hydrogens (tertiary/aromatic N) is 4. The van der Waals surface area contributed by atoms with Crippen LogP contribution in [0.5, 0.6) is 0 Å². The van der Waals surface area contributed by atoms with Gasteiger partial charge in [-0.1, -0.05) is 60.7 Å². The van der Waals surface area contributed by atoms with Gasteiger partial charge in [0.05, 0.1) is 18.6 Å². The van der Waals surface area contributed by atoms with E-state index in [0.717, 1.165) is 5.82 Å². The van der Waals surface area contributed by atoms with Crippen molar-refractivity contribution in [3.8, 4) is 0 Å². The lowest BCUT2D eigenvalue weighted by Gasteiger charge is -2.19. The predicted molar refractivity (Wildman–Crippen MR) is 87.7 cm³/mol. The SMILES string of the molecule is c1ccc(C(NCc2nnnn2C2CC2)c2ccccc2)cc1. The summed E-state index contributed by atoms with van der Waals surface area (Å²) >= 11 is 0. The molecular weight excluding hydrogens is 286 g/mol. The van der Waals surface area contributed by atoms with Crippen LogP contribution in [0, 0.1) is 0 Å². The molecule has 23 heavy (non-hydrogen) atoms. The molecule has 2 aromatic carbocycles. The lowest BCUT2D eigenvalue weighted by molar-refractivity contribution is 0.530. The van der Waals surface area contributed by atoms with Crippen LogP contribution in [0.25, 0.3) is 0 Å². The fourth-order valence-electron chi connectivity index (χ4n) is 2.84. The van der Waals surface area contributed by atoms with Crippen LogP contribution in [-0.4, -0.2) is 20.2 Å². The first-order valence-corrected chi connectivity index (χ1v) is 8.02. The fraction of sp³-hybridized carbons (Fsp3) is 0.278. The number of benzene rings is 2. The van der Waals surface area contributed by atoms with Crippen molar-refractivity contribution in [1.82, 2.24) is 25.5 Å². The summed E-state index contributed by atoms with van der Waals surface area (Å²) in [5.74, 6) is 0.907. The van der Waals surface area contributed by atoms with Gasteiger partial charge in [-0.2, -0.15) is 0 Å². The Balaban J connectivity index is 1.57. The van der Waals surface area contributed by atoms with Crippen molar-refractivity contribution >= 4 is 0 Å². The van der Waals surface area contributed by atoms with Crippen molar-refractivity contribution in [2.75, 3.05) is 0 Å². The second kappa shape index (κ2) is 6.30. The third-order valence-corrected chi connectivity index (χ3v) is 4.18. The second-order valence-corrected chi connectivity index (χ2v) is 5.91. The van der Waals surface area contributed by atoms with E-state index in [1.807, 2.05) is 16.8 Å². The monoisotopic (exact) mass is 305 g/mol. The Bertz CT molecular complexity index is 710. The van der Waals surface area contributed by atoms with Crippen molar-refractivity contribution in [1.29, 1.82) is 0 Å². The van der Waals surface area contributed by atoms with E-state index < -0.39 is 0 Å². The summed E-state index contributed by atoms with van der Waals surface area (Å²) in [6, 6.07) is 21.6. The summed E-state index contributed by atoms with van der Waals surface area (Å²) in [5.41, 5.74) is 2.48. The Morgan fingerprint density at radius 1 is 0.957 bits per heavy atom. The molecule has 1 aromatic heterocycles. The average molecular weight is 305 g/mol. The maximum Gasteiger partial charge on any atom is 0.165 e. The maximum absolute atomic E-state index is 4.18. The Hall–Kier alpha value is -2.53. The predicted octanol–water partition coefficient (Wildman–Crippen LogP) is 2.89. The van der Waals surface area contributed by atoms with Gasteiger partial charge in [0, 0.05) is 0 Å². The first-order chi connectivity index (χ1) is 11.4. The van der Waals surface area contributed by atoms with Crippen LogP contribution in [0.1, 0.15) is 41.9 Å². The number of rotatable bonds is 6. The first kappa shape index (κ1) is 14.1. The molecule has 1 aliphatic carbocycles. The zero-order valence-electron chi connectivity index (χ0n) is 12.8. The van der Waals surface area contributed by atoms with Crippen molar-refractivity contribution in [2.45, 2.75) is 31.5 Å². The number of nitrogens with one attached hydrogen (secondary N) is 1. The van der Waals surface area contributed by atoms with Gasteiger partial charge in [0.2, 0.25) is 0 Å². The summed E-state index contributed by atoms with van der Waals surface area (Å²) in [7, 11) is 0. The van der Waals surface area contributed by atoms with Crippen molar-refractivity contribution < 1.29 is 0 Å². The van der Waals surface area contributed by atoms with E-state index in [1.54, 1.807) is 0 Å². The fourth-order valence-corrected chi connectivity index (χ4v) is 2.84. The van der Waals surface area contributed by atoms with Gasteiger partial charge >= 0.3 is 0 Å². The zero-order valence-corrected chi connectivity index (χ0v) is 12.8. The molecule has 0 spiro atoms.